The van der Waals surface area contributed by atoms with Crippen LogP contribution in [0.25, 0.3) is 0 Å². The Hall–Kier alpha value is -0.820. The van der Waals surface area contributed by atoms with Crippen molar-refractivity contribution in [1.82, 2.24) is 5.32 Å². The van der Waals surface area contributed by atoms with Crippen LogP contribution in [0.2, 0.25) is 0 Å². The van der Waals surface area contributed by atoms with Gasteiger partial charge in [-0.2, -0.15) is 0 Å². The van der Waals surface area contributed by atoms with Gasteiger partial charge in [0.15, 0.2) is 0 Å². The first-order chi connectivity index (χ1) is 8.66. The Labute approximate surface area is 112 Å². The minimum Gasteiger partial charge on any atom is -0.314 e. The van der Waals surface area contributed by atoms with Gasteiger partial charge in [0.25, 0.3) is 0 Å². The first-order valence-corrected chi connectivity index (χ1v) is 7.43. The van der Waals surface area contributed by atoms with Crippen LogP contribution in [-0.2, 0) is 6.42 Å². The highest BCUT2D eigenvalue weighted by molar-refractivity contribution is 5.14. The molecular weight excluding hydrogens is 218 g/mol. The van der Waals surface area contributed by atoms with Crippen molar-refractivity contribution in [3.63, 3.8) is 0 Å². The van der Waals surface area contributed by atoms with E-state index < -0.39 is 0 Å². The van der Waals surface area contributed by atoms with Crippen molar-refractivity contribution in [2.45, 2.75) is 58.4 Å². The zero-order chi connectivity index (χ0) is 12.8. The molecule has 0 aliphatic heterocycles. The van der Waals surface area contributed by atoms with Crippen LogP contribution < -0.4 is 5.32 Å². The maximum absolute atomic E-state index is 3.72. The van der Waals surface area contributed by atoms with E-state index >= 15 is 0 Å². The molecule has 0 amide bonds. The molecule has 0 saturated heterocycles. The van der Waals surface area contributed by atoms with Crippen molar-refractivity contribution < 1.29 is 0 Å². The van der Waals surface area contributed by atoms with Gasteiger partial charge in [0.1, 0.15) is 0 Å². The third kappa shape index (κ3) is 4.45. The summed E-state index contributed by atoms with van der Waals surface area (Å²) in [4.78, 5) is 0. The van der Waals surface area contributed by atoms with E-state index in [1.165, 1.54) is 50.6 Å². The lowest BCUT2D eigenvalue weighted by Gasteiger charge is -2.17. The lowest BCUT2D eigenvalue weighted by Crippen LogP contribution is -2.28. The quantitative estimate of drug-likeness (QED) is 0.741. The molecule has 1 aliphatic rings. The van der Waals surface area contributed by atoms with E-state index in [4.69, 9.17) is 0 Å². The Morgan fingerprint density at radius 1 is 1.17 bits per heavy atom. The zero-order valence-corrected chi connectivity index (χ0v) is 11.9. The summed E-state index contributed by atoms with van der Waals surface area (Å²) in [6.45, 7) is 5.97. The summed E-state index contributed by atoms with van der Waals surface area (Å²) in [6, 6.07) is 11.6. The van der Waals surface area contributed by atoms with Crippen molar-refractivity contribution >= 4 is 0 Å². The molecule has 1 fully saturated rings. The second kappa shape index (κ2) is 6.38. The standard InChI is InChI=1S/C17H27N/c1-17(2)12-11-16(14-17)18-13-7-6-10-15-8-4-3-5-9-15/h3-5,8-9,16,18H,6-7,10-14H2,1-2H3. The first-order valence-electron chi connectivity index (χ1n) is 7.43. The van der Waals surface area contributed by atoms with Crippen LogP contribution in [0, 0.1) is 5.41 Å². The van der Waals surface area contributed by atoms with Gasteiger partial charge < -0.3 is 5.32 Å². The number of aryl methyl sites for hydroxylation is 1. The average molecular weight is 245 g/mol. The fourth-order valence-corrected chi connectivity index (χ4v) is 3.02. The smallest absolute Gasteiger partial charge is 0.00723 e. The highest BCUT2D eigenvalue weighted by Gasteiger charge is 2.30. The molecule has 100 valence electrons. The number of nitrogens with one attached hydrogen (secondary N) is 1. The molecule has 1 nitrogen and oxygen atoms in total. The largest absolute Gasteiger partial charge is 0.314 e. The predicted molar refractivity (Wildman–Crippen MR) is 78.8 cm³/mol. The highest BCUT2D eigenvalue weighted by Crippen LogP contribution is 2.36. The van der Waals surface area contributed by atoms with Gasteiger partial charge in [-0.15, -0.1) is 0 Å². The van der Waals surface area contributed by atoms with Crippen molar-refractivity contribution in [1.29, 1.82) is 0 Å². The molecule has 1 saturated carbocycles. The van der Waals surface area contributed by atoms with E-state index in [0.717, 1.165) is 6.04 Å². The number of benzene rings is 1. The molecule has 2 rings (SSSR count). The molecule has 1 aromatic carbocycles. The van der Waals surface area contributed by atoms with Crippen molar-refractivity contribution in [2.75, 3.05) is 6.54 Å². The lowest BCUT2D eigenvalue weighted by molar-refractivity contribution is 0.364. The van der Waals surface area contributed by atoms with Crippen LogP contribution in [-0.4, -0.2) is 12.6 Å². The highest BCUT2D eigenvalue weighted by atomic mass is 14.9. The summed E-state index contributed by atoms with van der Waals surface area (Å²) in [5.74, 6) is 0. The Morgan fingerprint density at radius 3 is 2.61 bits per heavy atom. The fourth-order valence-electron chi connectivity index (χ4n) is 3.02. The van der Waals surface area contributed by atoms with E-state index in [1.807, 2.05) is 0 Å². The summed E-state index contributed by atoms with van der Waals surface area (Å²) in [5.41, 5.74) is 2.04. The van der Waals surface area contributed by atoms with Crippen LogP contribution in [0.1, 0.15) is 51.5 Å². The second-order valence-electron chi connectivity index (χ2n) is 6.50. The van der Waals surface area contributed by atoms with Crippen LogP contribution in [0.5, 0.6) is 0 Å². The zero-order valence-electron chi connectivity index (χ0n) is 11.9. The Bertz CT molecular complexity index is 342. The molecule has 1 atom stereocenters. The third-order valence-corrected chi connectivity index (χ3v) is 4.14. The molecule has 0 bridgehead atoms. The Balaban J connectivity index is 1.54. The monoisotopic (exact) mass is 245 g/mol. The number of hydrogen-bond donors (Lipinski definition) is 1. The molecule has 0 radical (unpaired) electrons. The Kier molecular flexibility index (Phi) is 4.82. The summed E-state index contributed by atoms with van der Waals surface area (Å²) in [6.07, 6.45) is 7.92. The molecule has 0 heterocycles. The van der Waals surface area contributed by atoms with E-state index in [2.05, 4.69) is 49.5 Å². The molecule has 1 aliphatic carbocycles. The normalized spacial score (nSPS) is 22.2. The van der Waals surface area contributed by atoms with Crippen LogP contribution in [0.3, 0.4) is 0 Å². The molecule has 1 heteroatoms. The maximum Gasteiger partial charge on any atom is 0.00723 e. The first kappa shape index (κ1) is 13.6. The van der Waals surface area contributed by atoms with Crippen molar-refractivity contribution in [2.24, 2.45) is 5.41 Å². The summed E-state index contributed by atoms with van der Waals surface area (Å²) in [7, 11) is 0. The minimum atomic E-state index is 0.571. The van der Waals surface area contributed by atoms with Gasteiger partial charge in [-0.3, -0.25) is 0 Å². The van der Waals surface area contributed by atoms with E-state index in [-0.39, 0.29) is 0 Å². The second-order valence-corrected chi connectivity index (χ2v) is 6.50. The van der Waals surface area contributed by atoms with Crippen molar-refractivity contribution in [3.05, 3.63) is 35.9 Å². The number of unbranched alkanes of at least 4 members (excludes halogenated alkanes) is 1. The average Bonchev–Trinajstić information content (AvgIpc) is 2.70. The molecule has 0 spiro atoms. The SMILES string of the molecule is CC1(C)CCC(NCCCCc2ccccc2)C1. The van der Waals surface area contributed by atoms with Crippen LogP contribution in [0.15, 0.2) is 30.3 Å². The fraction of sp³-hybridized carbons (Fsp3) is 0.647. The predicted octanol–water partition coefficient (Wildman–Crippen LogP) is 4.18. The summed E-state index contributed by atoms with van der Waals surface area (Å²) < 4.78 is 0. The topological polar surface area (TPSA) is 12.0 Å². The molecular formula is C17H27N. The van der Waals surface area contributed by atoms with E-state index in [0.29, 0.717) is 5.41 Å². The summed E-state index contributed by atoms with van der Waals surface area (Å²) >= 11 is 0. The molecule has 18 heavy (non-hydrogen) atoms. The van der Waals surface area contributed by atoms with Crippen LogP contribution in [0.4, 0.5) is 0 Å². The number of hydrogen-bond acceptors (Lipinski definition) is 1. The van der Waals surface area contributed by atoms with Gasteiger partial charge in [-0.25, -0.2) is 0 Å². The van der Waals surface area contributed by atoms with E-state index in [1.54, 1.807) is 0 Å². The third-order valence-electron chi connectivity index (χ3n) is 4.14. The van der Waals surface area contributed by atoms with Gasteiger partial charge >= 0.3 is 0 Å². The minimum absolute atomic E-state index is 0.571. The lowest BCUT2D eigenvalue weighted by atomic mass is 9.92. The molecule has 1 N–H and O–H groups in total. The Morgan fingerprint density at radius 2 is 1.94 bits per heavy atom. The molecule has 0 aromatic heterocycles. The van der Waals surface area contributed by atoms with Crippen LogP contribution >= 0.6 is 0 Å². The van der Waals surface area contributed by atoms with Gasteiger partial charge in [0.05, 0.1) is 0 Å². The maximum atomic E-state index is 3.72. The van der Waals surface area contributed by atoms with Crippen molar-refractivity contribution in [3.8, 4) is 0 Å². The molecule has 1 aromatic rings. The number of rotatable bonds is 6. The van der Waals surface area contributed by atoms with Gasteiger partial charge in [-0.1, -0.05) is 44.2 Å². The summed E-state index contributed by atoms with van der Waals surface area (Å²) in [5, 5.41) is 3.72. The molecule has 1 unspecified atom stereocenters. The van der Waals surface area contributed by atoms with Gasteiger partial charge in [-0.05, 0) is 56.0 Å². The van der Waals surface area contributed by atoms with E-state index in [9.17, 15) is 0 Å². The van der Waals surface area contributed by atoms with Gasteiger partial charge in [0, 0.05) is 6.04 Å². The van der Waals surface area contributed by atoms with Gasteiger partial charge in [0.2, 0.25) is 0 Å².